The van der Waals surface area contributed by atoms with Crippen LogP contribution in [0.2, 0.25) is 0 Å². The lowest BCUT2D eigenvalue weighted by atomic mass is 10.1. The lowest BCUT2D eigenvalue weighted by Crippen LogP contribution is -2.32. The van der Waals surface area contributed by atoms with Gasteiger partial charge in [0.1, 0.15) is 0 Å². The number of carbonyl (C=O) groups is 2. The monoisotopic (exact) mass is 289 g/mol. The van der Waals surface area contributed by atoms with Gasteiger partial charge < -0.3 is 5.32 Å². The molecule has 1 N–H and O–H groups in total. The number of hydrogen-bond acceptors (Lipinski definition) is 5. The third-order valence-corrected chi connectivity index (χ3v) is 3.73. The fraction of sp³-hybridized carbons (Fsp3) is 0.429. The SMILES string of the molecule is O=C1c2ccc([N+](=O)[O-])cc2C(=O)N1CCCNC1CC1. The number of fused-ring (bicyclic) bond motifs is 1. The molecule has 1 aliphatic heterocycles. The fourth-order valence-corrected chi connectivity index (χ4v) is 2.43. The van der Waals surface area contributed by atoms with E-state index in [-0.39, 0.29) is 22.7 Å². The van der Waals surface area contributed by atoms with Crippen molar-refractivity contribution in [3.63, 3.8) is 0 Å². The van der Waals surface area contributed by atoms with Crippen LogP contribution >= 0.6 is 0 Å². The van der Waals surface area contributed by atoms with Crippen molar-refractivity contribution in [3.05, 3.63) is 39.4 Å². The molecule has 110 valence electrons. The summed E-state index contributed by atoms with van der Waals surface area (Å²) in [5.41, 5.74) is 0.206. The van der Waals surface area contributed by atoms with Crippen molar-refractivity contribution in [2.75, 3.05) is 13.1 Å². The lowest BCUT2D eigenvalue weighted by molar-refractivity contribution is -0.384. The van der Waals surface area contributed by atoms with E-state index < -0.39 is 10.8 Å². The van der Waals surface area contributed by atoms with Crippen LogP contribution in [0.3, 0.4) is 0 Å². The molecule has 1 aliphatic carbocycles. The molecule has 0 radical (unpaired) electrons. The van der Waals surface area contributed by atoms with E-state index in [2.05, 4.69) is 5.32 Å². The van der Waals surface area contributed by atoms with Crippen molar-refractivity contribution in [2.24, 2.45) is 0 Å². The highest BCUT2D eigenvalue weighted by Gasteiger charge is 2.36. The standard InChI is InChI=1S/C14H15N3O4/c18-13-11-5-4-10(17(20)21)8-12(11)14(19)16(13)7-1-6-15-9-2-3-9/h4-5,8-9,15H,1-3,6-7H2. The largest absolute Gasteiger partial charge is 0.314 e. The Bertz CT molecular complexity index is 625. The van der Waals surface area contributed by atoms with Gasteiger partial charge in [-0.15, -0.1) is 0 Å². The van der Waals surface area contributed by atoms with Gasteiger partial charge in [-0.05, 0) is 31.9 Å². The molecule has 0 spiro atoms. The highest BCUT2D eigenvalue weighted by molar-refractivity contribution is 6.21. The Morgan fingerprint density at radius 2 is 1.95 bits per heavy atom. The number of nitro groups is 1. The highest BCUT2D eigenvalue weighted by Crippen LogP contribution is 2.26. The topological polar surface area (TPSA) is 92.5 Å². The predicted molar refractivity (Wildman–Crippen MR) is 74.1 cm³/mol. The second kappa shape index (κ2) is 5.25. The molecule has 0 unspecified atom stereocenters. The fourth-order valence-electron chi connectivity index (χ4n) is 2.43. The average molecular weight is 289 g/mol. The van der Waals surface area contributed by atoms with E-state index in [1.54, 1.807) is 0 Å². The summed E-state index contributed by atoms with van der Waals surface area (Å²) >= 11 is 0. The Kier molecular flexibility index (Phi) is 3.42. The molecule has 0 aromatic heterocycles. The van der Waals surface area contributed by atoms with Gasteiger partial charge in [0, 0.05) is 24.7 Å². The van der Waals surface area contributed by atoms with Crippen LogP contribution in [-0.4, -0.2) is 40.8 Å². The molecule has 0 bridgehead atoms. The van der Waals surface area contributed by atoms with Crippen LogP contribution in [0.4, 0.5) is 5.69 Å². The maximum atomic E-state index is 12.2. The first-order chi connectivity index (χ1) is 10.1. The van der Waals surface area contributed by atoms with Crippen LogP contribution < -0.4 is 5.32 Å². The molecule has 7 heteroatoms. The van der Waals surface area contributed by atoms with Gasteiger partial charge in [-0.2, -0.15) is 0 Å². The summed E-state index contributed by atoms with van der Waals surface area (Å²) in [5.74, 6) is -0.804. The number of nitro benzene ring substituents is 1. The molecule has 2 aliphatic rings. The van der Waals surface area contributed by atoms with Gasteiger partial charge in [-0.1, -0.05) is 0 Å². The van der Waals surface area contributed by atoms with Gasteiger partial charge >= 0.3 is 0 Å². The number of hydrogen-bond donors (Lipinski definition) is 1. The maximum Gasteiger partial charge on any atom is 0.270 e. The normalized spacial score (nSPS) is 17.2. The van der Waals surface area contributed by atoms with Crippen molar-refractivity contribution in [3.8, 4) is 0 Å². The second-order valence-corrected chi connectivity index (χ2v) is 5.33. The summed E-state index contributed by atoms with van der Waals surface area (Å²) in [6.45, 7) is 1.10. The van der Waals surface area contributed by atoms with Crippen LogP contribution in [0, 0.1) is 10.1 Å². The van der Waals surface area contributed by atoms with Crippen LogP contribution in [0.15, 0.2) is 18.2 Å². The van der Waals surface area contributed by atoms with Crippen LogP contribution in [0.25, 0.3) is 0 Å². The Hall–Kier alpha value is -2.28. The Labute approximate surface area is 121 Å². The predicted octanol–water partition coefficient (Wildman–Crippen LogP) is 1.33. The number of rotatable bonds is 6. The van der Waals surface area contributed by atoms with Gasteiger partial charge in [0.15, 0.2) is 0 Å². The number of benzene rings is 1. The van der Waals surface area contributed by atoms with Crippen molar-refractivity contribution >= 4 is 17.5 Å². The molecule has 1 saturated carbocycles. The molecule has 1 aromatic rings. The molecule has 0 saturated heterocycles. The van der Waals surface area contributed by atoms with Crippen LogP contribution in [0.5, 0.6) is 0 Å². The Morgan fingerprint density at radius 3 is 2.62 bits per heavy atom. The van der Waals surface area contributed by atoms with E-state index in [9.17, 15) is 19.7 Å². The van der Waals surface area contributed by atoms with E-state index in [0.29, 0.717) is 19.0 Å². The minimum Gasteiger partial charge on any atom is -0.314 e. The number of non-ortho nitro benzene ring substituents is 1. The molecular weight excluding hydrogens is 274 g/mol. The molecule has 1 heterocycles. The second-order valence-electron chi connectivity index (χ2n) is 5.33. The average Bonchev–Trinajstić information content (AvgIpc) is 3.26. The molecular formula is C14H15N3O4. The molecule has 0 atom stereocenters. The van der Waals surface area contributed by atoms with E-state index in [1.165, 1.54) is 35.9 Å². The van der Waals surface area contributed by atoms with E-state index >= 15 is 0 Å². The minimum absolute atomic E-state index is 0.129. The molecule has 1 fully saturated rings. The molecule has 1 aromatic carbocycles. The number of imide groups is 1. The third kappa shape index (κ3) is 2.64. The number of carbonyl (C=O) groups excluding carboxylic acids is 2. The maximum absolute atomic E-state index is 12.2. The zero-order valence-corrected chi connectivity index (χ0v) is 11.4. The molecule has 3 rings (SSSR count). The zero-order chi connectivity index (χ0) is 15.0. The molecule has 2 amide bonds. The van der Waals surface area contributed by atoms with Crippen molar-refractivity contribution in [1.29, 1.82) is 0 Å². The summed E-state index contributed by atoms with van der Waals surface area (Å²) in [7, 11) is 0. The van der Waals surface area contributed by atoms with Crippen LogP contribution in [-0.2, 0) is 0 Å². The summed E-state index contributed by atoms with van der Waals surface area (Å²) in [4.78, 5) is 35.7. The molecule has 7 nitrogen and oxygen atoms in total. The van der Waals surface area contributed by atoms with Crippen molar-refractivity contribution in [1.82, 2.24) is 10.2 Å². The van der Waals surface area contributed by atoms with E-state index in [0.717, 1.165) is 6.54 Å². The van der Waals surface area contributed by atoms with E-state index in [4.69, 9.17) is 0 Å². The van der Waals surface area contributed by atoms with Crippen molar-refractivity contribution in [2.45, 2.75) is 25.3 Å². The van der Waals surface area contributed by atoms with Gasteiger partial charge in [-0.25, -0.2) is 0 Å². The smallest absolute Gasteiger partial charge is 0.270 e. The summed E-state index contributed by atoms with van der Waals surface area (Å²) < 4.78 is 0. The van der Waals surface area contributed by atoms with Gasteiger partial charge in [0.25, 0.3) is 17.5 Å². The minimum atomic E-state index is -0.569. The first-order valence-corrected chi connectivity index (χ1v) is 6.96. The lowest BCUT2D eigenvalue weighted by Gasteiger charge is -2.13. The van der Waals surface area contributed by atoms with Gasteiger partial charge in [-0.3, -0.25) is 24.6 Å². The third-order valence-electron chi connectivity index (χ3n) is 3.73. The first kappa shape index (κ1) is 13.7. The summed E-state index contributed by atoms with van der Waals surface area (Å²) in [6, 6.07) is 4.38. The number of nitrogens with one attached hydrogen (secondary N) is 1. The highest BCUT2D eigenvalue weighted by atomic mass is 16.6. The summed E-state index contributed by atoms with van der Waals surface area (Å²) in [6.07, 6.45) is 3.07. The molecule has 21 heavy (non-hydrogen) atoms. The summed E-state index contributed by atoms with van der Waals surface area (Å²) in [5, 5.41) is 14.1. The number of amides is 2. The Balaban J connectivity index is 1.68. The van der Waals surface area contributed by atoms with Gasteiger partial charge in [0.2, 0.25) is 0 Å². The first-order valence-electron chi connectivity index (χ1n) is 6.96. The van der Waals surface area contributed by atoms with Crippen molar-refractivity contribution < 1.29 is 14.5 Å². The number of nitrogens with zero attached hydrogens (tertiary/aromatic N) is 2. The quantitative estimate of drug-likeness (QED) is 0.369. The van der Waals surface area contributed by atoms with Crippen LogP contribution in [0.1, 0.15) is 40.0 Å². The van der Waals surface area contributed by atoms with E-state index in [1.807, 2.05) is 0 Å². The zero-order valence-electron chi connectivity index (χ0n) is 11.4. The Morgan fingerprint density at radius 1 is 1.24 bits per heavy atom. The van der Waals surface area contributed by atoms with Gasteiger partial charge in [0.05, 0.1) is 16.1 Å².